The van der Waals surface area contributed by atoms with Gasteiger partial charge in [-0.05, 0) is 43.0 Å². The number of hydrogen-bond acceptors (Lipinski definition) is 6. The molecule has 0 spiro atoms. The van der Waals surface area contributed by atoms with Gasteiger partial charge in [0.1, 0.15) is 5.75 Å². The van der Waals surface area contributed by atoms with Crippen molar-refractivity contribution in [2.24, 2.45) is 13.0 Å². The third-order valence-corrected chi connectivity index (χ3v) is 6.49. The quantitative estimate of drug-likeness (QED) is 0.624. The van der Waals surface area contributed by atoms with Gasteiger partial charge in [0, 0.05) is 18.7 Å². The van der Waals surface area contributed by atoms with E-state index in [0.717, 1.165) is 6.42 Å². The van der Waals surface area contributed by atoms with E-state index in [1.165, 1.54) is 31.0 Å². The van der Waals surface area contributed by atoms with Crippen LogP contribution in [-0.2, 0) is 18.4 Å². The van der Waals surface area contributed by atoms with E-state index in [2.05, 4.69) is 27.8 Å². The molecule has 0 saturated heterocycles. The third kappa shape index (κ3) is 5.75. The second kappa shape index (κ2) is 10.5. The summed E-state index contributed by atoms with van der Waals surface area (Å²) in [6, 6.07) is 7.17. The highest BCUT2D eigenvalue weighted by atomic mass is 32.2. The molecule has 2 unspecified atom stereocenters. The second-order valence-corrected chi connectivity index (χ2v) is 8.54. The fraction of sp³-hybridized carbons (Fsp3) is 0.524. The first-order valence-electron chi connectivity index (χ1n) is 10.2. The SMILES string of the molecule is COc1ccc(C(=O)NCc2nnc(SCC(=O)NC3CCCCC3C)n2C)cc1. The van der Waals surface area contributed by atoms with E-state index in [1.807, 2.05) is 7.05 Å². The van der Waals surface area contributed by atoms with Crippen molar-refractivity contribution in [1.82, 2.24) is 25.4 Å². The molecule has 0 bridgehead atoms. The highest BCUT2D eigenvalue weighted by Gasteiger charge is 2.23. The minimum atomic E-state index is -0.198. The second-order valence-electron chi connectivity index (χ2n) is 7.59. The summed E-state index contributed by atoms with van der Waals surface area (Å²) in [5, 5.41) is 14.9. The summed E-state index contributed by atoms with van der Waals surface area (Å²) in [5.41, 5.74) is 0.543. The molecule has 1 aromatic heterocycles. The number of nitrogens with zero attached hydrogens (tertiary/aromatic N) is 3. The van der Waals surface area contributed by atoms with Crippen LogP contribution in [0.1, 0.15) is 48.8 Å². The van der Waals surface area contributed by atoms with Gasteiger partial charge in [-0.25, -0.2) is 0 Å². The van der Waals surface area contributed by atoms with Gasteiger partial charge in [-0.2, -0.15) is 0 Å². The van der Waals surface area contributed by atoms with Crippen molar-refractivity contribution in [3.63, 3.8) is 0 Å². The first-order chi connectivity index (χ1) is 14.5. The van der Waals surface area contributed by atoms with Gasteiger partial charge in [-0.3, -0.25) is 9.59 Å². The van der Waals surface area contributed by atoms with Crippen LogP contribution in [-0.4, -0.2) is 45.5 Å². The van der Waals surface area contributed by atoms with Crippen molar-refractivity contribution in [1.29, 1.82) is 0 Å². The summed E-state index contributed by atoms with van der Waals surface area (Å²) < 4.78 is 6.90. The molecule has 3 rings (SSSR count). The molecule has 2 atom stereocenters. The molecule has 1 aliphatic carbocycles. The minimum Gasteiger partial charge on any atom is -0.497 e. The molecule has 2 amide bonds. The van der Waals surface area contributed by atoms with Crippen molar-refractivity contribution in [2.45, 2.75) is 50.4 Å². The van der Waals surface area contributed by atoms with E-state index in [1.54, 1.807) is 35.9 Å². The lowest BCUT2D eigenvalue weighted by Crippen LogP contribution is -2.41. The highest BCUT2D eigenvalue weighted by Crippen LogP contribution is 2.24. The molecule has 1 heterocycles. The number of nitrogens with one attached hydrogen (secondary N) is 2. The number of rotatable bonds is 8. The van der Waals surface area contributed by atoms with Crippen molar-refractivity contribution < 1.29 is 14.3 Å². The largest absolute Gasteiger partial charge is 0.497 e. The first-order valence-corrected chi connectivity index (χ1v) is 11.2. The number of aromatic nitrogens is 3. The molecule has 8 nitrogen and oxygen atoms in total. The number of benzene rings is 1. The Hall–Kier alpha value is -2.55. The zero-order valence-electron chi connectivity index (χ0n) is 17.7. The van der Waals surface area contributed by atoms with Gasteiger partial charge < -0.3 is 19.9 Å². The molecule has 1 fully saturated rings. The van der Waals surface area contributed by atoms with Crippen LogP contribution in [0.5, 0.6) is 5.75 Å². The lowest BCUT2D eigenvalue weighted by molar-refractivity contribution is -0.119. The molecule has 1 aromatic carbocycles. The van der Waals surface area contributed by atoms with Gasteiger partial charge in [0.2, 0.25) is 5.91 Å². The van der Waals surface area contributed by atoms with Crippen molar-refractivity contribution in [2.75, 3.05) is 12.9 Å². The van der Waals surface area contributed by atoms with Crippen molar-refractivity contribution >= 4 is 23.6 Å². The number of amides is 2. The Labute approximate surface area is 181 Å². The monoisotopic (exact) mass is 431 g/mol. The van der Waals surface area contributed by atoms with Gasteiger partial charge in [0.05, 0.1) is 19.4 Å². The molecule has 30 heavy (non-hydrogen) atoms. The number of hydrogen-bond donors (Lipinski definition) is 2. The molecule has 1 saturated carbocycles. The predicted molar refractivity (Wildman–Crippen MR) is 115 cm³/mol. The van der Waals surface area contributed by atoms with Gasteiger partial charge in [-0.15, -0.1) is 10.2 Å². The lowest BCUT2D eigenvalue weighted by atomic mass is 9.86. The Morgan fingerprint density at radius 3 is 2.63 bits per heavy atom. The first kappa shape index (κ1) is 22.1. The Kier molecular flexibility index (Phi) is 7.73. The molecule has 9 heteroatoms. The van der Waals surface area contributed by atoms with E-state index in [9.17, 15) is 9.59 Å². The molecule has 162 valence electrons. The molecule has 1 aliphatic rings. The highest BCUT2D eigenvalue weighted by molar-refractivity contribution is 7.99. The summed E-state index contributed by atoms with van der Waals surface area (Å²) in [5.74, 6) is 1.98. The Bertz CT molecular complexity index is 868. The fourth-order valence-electron chi connectivity index (χ4n) is 3.54. The smallest absolute Gasteiger partial charge is 0.251 e. The van der Waals surface area contributed by atoms with Crippen LogP contribution in [0.2, 0.25) is 0 Å². The van der Waals surface area contributed by atoms with Crippen LogP contribution < -0.4 is 15.4 Å². The zero-order chi connectivity index (χ0) is 21.5. The average molecular weight is 432 g/mol. The van der Waals surface area contributed by atoms with Crippen LogP contribution in [0.25, 0.3) is 0 Å². The number of ether oxygens (including phenoxy) is 1. The predicted octanol–water partition coefficient (Wildman–Crippen LogP) is 2.54. The molecular weight excluding hydrogens is 402 g/mol. The Morgan fingerprint density at radius 1 is 1.20 bits per heavy atom. The normalized spacial score (nSPS) is 18.6. The number of carbonyl (C=O) groups is 2. The maximum absolute atomic E-state index is 12.3. The zero-order valence-corrected chi connectivity index (χ0v) is 18.5. The minimum absolute atomic E-state index is 0.0242. The number of carbonyl (C=O) groups excluding carboxylic acids is 2. The molecule has 0 aliphatic heterocycles. The maximum atomic E-state index is 12.3. The van der Waals surface area contributed by atoms with Crippen LogP contribution in [0.15, 0.2) is 29.4 Å². The van der Waals surface area contributed by atoms with Crippen LogP contribution in [0, 0.1) is 5.92 Å². The van der Waals surface area contributed by atoms with Crippen LogP contribution >= 0.6 is 11.8 Å². The third-order valence-electron chi connectivity index (χ3n) is 5.47. The molecule has 0 radical (unpaired) electrons. The van der Waals surface area contributed by atoms with Crippen LogP contribution in [0.3, 0.4) is 0 Å². The summed E-state index contributed by atoms with van der Waals surface area (Å²) in [6.07, 6.45) is 4.66. The molecule has 2 aromatic rings. The van der Waals surface area contributed by atoms with Gasteiger partial charge in [-0.1, -0.05) is 31.5 Å². The van der Waals surface area contributed by atoms with E-state index >= 15 is 0 Å². The van der Waals surface area contributed by atoms with Crippen molar-refractivity contribution in [3.8, 4) is 5.75 Å². The lowest BCUT2D eigenvalue weighted by Gasteiger charge is -2.29. The van der Waals surface area contributed by atoms with Crippen molar-refractivity contribution in [3.05, 3.63) is 35.7 Å². The summed E-state index contributed by atoms with van der Waals surface area (Å²) in [6.45, 7) is 2.45. The molecular formula is C21H29N5O3S. The van der Waals surface area contributed by atoms with E-state index in [4.69, 9.17) is 4.74 Å². The van der Waals surface area contributed by atoms with E-state index < -0.39 is 0 Å². The number of thioether (sulfide) groups is 1. The van der Waals surface area contributed by atoms with Gasteiger partial charge in [0.15, 0.2) is 11.0 Å². The topological polar surface area (TPSA) is 98.1 Å². The van der Waals surface area contributed by atoms with Crippen LogP contribution in [0.4, 0.5) is 0 Å². The van der Waals surface area contributed by atoms with Gasteiger partial charge in [0.25, 0.3) is 5.91 Å². The molecule has 2 N–H and O–H groups in total. The maximum Gasteiger partial charge on any atom is 0.251 e. The summed E-state index contributed by atoms with van der Waals surface area (Å²) >= 11 is 1.35. The van der Waals surface area contributed by atoms with Gasteiger partial charge >= 0.3 is 0 Å². The average Bonchev–Trinajstić information content (AvgIpc) is 3.11. The van der Waals surface area contributed by atoms with E-state index in [0.29, 0.717) is 34.0 Å². The number of methoxy groups -OCH3 is 1. The summed E-state index contributed by atoms with van der Waals surface area (Å²) in [7, 11) is 3.41. The summed E-state index contributed by atoms with van der Waals surface area (Å²) in [4.78, 5) is 24.6. The Morgan fingerprint density at radius 2 is 1.93 bits per heavy atom. The fourth-order valence-corrected chi connectivity index (χ4v) is 4.28. The standard InChI is InChI=1S/C21H29N5O3S/c1-14-6-4-5-7-17(14)23-19(27)13-30-21-25-24-18(26(21)2)12-22-20(28)15-8-10-16(29-3)11-9-15/h8-11,14,17H,4-7,12-13H2,1-3H3,(H,22,28)(H,23,27). The Balaban J connectivity index is 1.47. The van der Waals surface area contributed by atoms with E-state index in [-0.39, 0.29) is 24.4 Å².